The average molecular weight is 119 g/mol. The van der Waals surface area contributed by atoms with Gasteiger partial charge in [0.2, 0.25) is 0 Å². The van der Waals surface area contributed by atoms with Gasteiger partial charge in [0.05, 0.1) is 0 Å². The SMILES string of the molecule is CN(C#N)CCCl. The molecule has 0 heterocycles. The highest BCUT2D eigenvalue weighted by Crippen LogP contribution is 1.78. The van der Waals surface area contributed by atoms with Gasteiger partial charge in [-0.15, -0.1) is 11.6 Å². The maximum absolute atomic E-state index is 8.08. The van der Waals surface area contributed by atoms with E-state index in [0.29, 0.717) is 12.4 Å². The Morgan fingerprint density at radius 2 is 2.43 bits per heavy atom. The summed E-state index contributed by atoms with van der Waals surface area (Å²) in [5.41, 5.74) is 0. The van der Waals surface area contributed by atoms with E-state index in [1.807, 2.05) is 6.19 Å². The van der Waals surface area contributed by atoms with Crippen molar-refractivity contribution in [3.8, 4) is 6.19 Å². The predicted molar refractivity (Wildman–Crippen MR) is 29.0 cm³/mol. The predicted octanol–water partition coefficient (Wildman–Crippen LogP) is 0.638. The van der Waals surface area contributed by atoms with E-state index in [9.17, 15) is 0 Å². The summed E-state index contributed by atoms with van der Waals surface area (Å²) in [5, 5.41) is 8.08. The normalized spacial score (nSPS) is 7.57. The summed E-state index contributed by atoms with van der Waals surface area (Å²) in [4.78, 5) is 1.48. The first kappa shape index (κ1) is 6.58. The molecule has 0 aliphatic rings. The third-order valence-corrected chi connectivity index (χ3v) is 0.760. The van der Waals surface area contributed by atoms with Gasteiger partial charge in [-0.25, -0.2) is 0 Å². The van der Waals surface area contributed by atoms with E-state index in [4.69, 9.17) is 16.9 Å². The molecule has 0 bridgehead atoms. The van der Waals surface area contributed by atoms with Gasteiger partial charge in [-0.05, 0) is 0 Å². The van der Waals surface area contributed by atoms with Crippen molar-refractivity contribution in [1.29, 1.82) is 5.26 Å². The first-order chi connectivity index (χ1) is 3.31. The van der Waals surface area contributed by atoms with E-state index < -0.39 is 0 Å². The Morgan fingerprint density at radius 3 is 2.57 bits per heavy atom. The zero-order chi connectivity index (χ0) is 5.70. The van der Waals surface area contributed by atoms with Crippen LogP contribution in [-0.2, 0) is 0 Å². The molecule has 7 heavy (non-hydrogen) atoms. The largest absolute Gasteiger partial charge is 0.312 e. The van der Waals surface area contributed by atoms with Crippen LogP contribution in [0, 0.1) is 11.5 Å². The van der Waals surface area contributed by atoms with Gasteiger partial charge in [-0.3, -0.25) is 0 Å². The number of halogens is 1. The lowest BCUT2D eigenvalue weighted by Gasteiger charge is -2.01. The quantitative estimate of drug-likeness (QED) is 0.302. The van der Waals surface area contributed by atoms with Crippen LogP contribution in [0.25, 0.3) is 0 Å². The molecule has 3 heteroatoms. The fourth-order valence-corrected chi connectivity index (χ4v) is 0.430. The molecule has 0 rings (SSSR count). The monoisotopic (exact) mass is 118 g/mol. The molecule has 0 fully saturated rings. The van der Waals surface area contributed by atoms with Gasteiger partial charge >= 0.3 is 0 Å². The summed E-state index contributed by atoms with van der Waals surface area (Å²) in [6, 6.07) is 0. The van der Waals surface area contributed by atoms with Crippen LogP contribution < -0.4 is 0 Å². The van der Waals surface area contributed by atoms with E-state index in [1.54, 1.807) is 7.05 Å². The van der Waals surface area contributed by atoms with Crippen LogP contribution in [0.15, 0.2) is 0 Å². The number of rotatable bonds is 2. The van der Waals surface area contributed by atoms with Crippen LogP contribution in [0.1, 0.15) is 0 Å². The summed E-state index contributed by atoms with van der Waals surface area (Å²) in [6.45, 7) is 0.637. The van der Waals surface area contributed by atoms with Crippen LogP contribution in [0.4, 0.5) is 0 Å². The van der Waals surface area contributed by atoms with Crippen LogP contribution in [-0.4, -0.2) is 24.4 Å². The van der Waals surface area contributed by atoms with Crippen LogP contribution in [0.3, 0.4) is 0 Å². The molecule has 0 aliphatic heterocycles. The first-order valence-corrected chi connectivity index (χ1v) is 2.51. The van der Waals surface area contributed by atoms with Gasteiger partial charge in [-0.1, -0.05) is 0 Å². The van der Waals surface area contributed by atoms with Gasteiger partial charge in [0.1, 0.15) is 0 Å². The van der Waals surface area contributed by atoms with Gasteiger partial charge in [-0.2, -0.15) is 5.26 Å². The maximum atomic E-state index is 8.08. The van der Waals surface area contributed by atoms with Crippen molar-refractivity contribution in [1.82, 2.24) is 4.90 Å². The van der Waals surface area contributed by atoms with Crippen molar-refractivity contribution in [3.05, 3.63) is 0 Å². The van der Waals surface area contributed by atoms with E-state index in [1.165, 1.54) is 4.90 Å². The molecule has 0 aliphatic carbocycles. The second-order valence-corrected chi connectivity index (χ2v) is 1.59. The fraction of sp³-hybridized carbons (Fsp3) is 0.750. The molecular weight excluding hydrogens is 112 g/mol. The molecule has 40 valence electrons. The summed E-state index contributed by atoms with van der Waals surface area (Å²) >= 11 is 5.28. The number of alkyl halides is 1. The van der Waals surface area contributed by atoms with Crippen LogP contribution >= 0.6 is 11.6 Å². The molecule has 0 atom stereocenters. The fourth-order valence-electron chi connectivity index (χ4n) is 0.177. The molecule has 0 aromatic rings. The Kier molecular flexibility index (Phi) is 3.53. The first-order valence-electron chi connectivity index (χ1n) is 1.98. The van der Waals surface area contributed by atoms with E-state index in [-0.39, 0.29) is 0 Å². The molecule has 0 radical (unpaired) electrons. The summed E-state index contributed by atoms with van der Waals surface area (Å²) in [5.74, 6) is 0.518. The third-order valence-electron chi connectivity index (χ3n) is 0.591. The Hall–Kier alpha value is -0.420. The highest BCUT2D eigenvalue weighted by atomic mass is 35.5. The Balaban J connectivity index is 3.04. The molecule has 0 aromatic carbocycles. The minimum Gasteiger partial charge on any atom is -0.312 e. The van der Waals surface area contributed by atoms with Crippen LogP contribution in [0.2, 0.25) is 0 Å². The van der Waals surface area contributed by atoms with E-state index in [2.05, 4.69) is 0 Å². The molecular formula is C4H7ClN2. The molecule has 0 N–H and O–H groups in total. The van der Waals surface area contributed by atoms with Crippen molar-refractivity contribution in [2.75, 3.05) is 19.5 Å². The molecule has 2 nitrogen and oxygen atoms in total. The van der Waals surface area contributed by atoms with Gasteiger partial charge in [0, 0.05) is 19.5 Å². The second-order valence-electron chi connectivity index (χ2n) is 1.21. The molecule has 0 aromatic heterocycles. The molecule has 0 spiro atoms. The van der Waals surface area contributed by atoms with E-state index >= 15 is 0 Å². The van der Waals surface area contributed by atoms with Gasteiger partial charge in [0.25, 0.3) is 0 Å². The van der Waals surface area contributed by atoms with Crippen molar-refractivity contribution in [2.45, 2.75) is 0 Å². The lowest BCUT2D eigenvalue weighted by molar-refractivity contribution is 0.506. The average Bonchev–Trinajstić information content (AvgIpc) is 1.68. The minimum atomic E-state index is 0.518. The Labute approximate surface area is 48.3 Å². The summed E-state index contributed by atoms with van der Waals surface area (Å²) in [7, 11) is 1.70. The number of nitrogens with zero attached hydrogens (tertiary/aromatic N) is 2. The summed E-state index contributed by atoms with van der Waals surface area (Å²) in [6.07, 6.45) is 1.91. The highest BCUT2D eigenvalue weighted by Gasteiger charge is 1.86. The van der Waals surface area contributed by atoms with Crippen molar-refractivity contribution >= 4 is 11.6 Å². The Bertz CT molecular complexity index is 76.2. The smallest absolute Gasteiger partial charge is 0.179 e. The second kappa shape index (κ2) is 3.76. The van der Waals surface area contributed by atoms with Crippen molar-refractivity contribution in [3.63, 3.8) is 0 Å². The highest BCUT2D eigenvalue weighted by molar-refractivity contribution is 6.18. The number of hydrogen-bond acceptors (Lipinski definition) is 2. The zero-order valence-corrected chi connectivity index (χ0v) is 4.94. The van der Waals surface area contributed by atoms with Crippen LogP contribution in [0.5, 0.6) is 0 Å². The molecule has 0 saturated carbocycles. The lowest BCUT2D eigenvalue weighted by Crippen LogP contribution is -2.12. The Morgan fingerprint density at radius 1 is 1.86 bits per heavy atom. The van der Waals surface area contributed by atoms with E-state index in [0.717, 1.165) is 0 Å². The molecule has 0 unspecified atom stereocenters. The minimum absolute atomic E-state index is 0.518. The number of nitriles is 1. The summed E-state index contributed by atoms with van der Waals surface area (Å²) < 4.78 is 0. The molecule has 0 amide bonds. The van der Waals surface area contributed by atoms with Gasteiger partial charge in [0.15, 0.2) is 6.19 Å². The van der Waals surface area contributed by atoms with Gasteiger partial charge < -0.3 is 4.90 Å². The topological polar surface area (TPSA) is 27.0 Å². The standard InChI is InChI=1S/C4H7ClN2/c1-7(4-6)3-2-5/h2-3H2,1H3. The molecule has 0 saturated heterocycles. The lowest BCUT2D eigenvalue weighted by atomic mass is 10.7. The number of hydrogen-bond donors (Lipinski definition) is 0. The zero-order valence-electron chi connectivity index (χ0n) is 4.19. The third kappa shape index (κ3) is 3.41. The van der Waals surface area contributed by atoms with Crippen molar-refractivity contribution in [2.24, 2.45) is 0 Å². The maximum Gasteiger partial charge on any atom is 0.179 e. The van der Waals surface area contributed by atoms with Crippen molar-refractivity contribution < 1.29 is 0 Å².